The Balaban J connectivity index is 2.18. The number of hydrogen-bond donors (Lipinski definition) is 2. The first-order valence-corrected chi connectivity index (χ1v) is 5.52. The smallest absolute Gasteiger partial charge is 0.231 e. The molecule has 1 aromatic heterocycles. The lowest BCUT2D eigenvalue weighted by Crippen LogP contribution is -2.16. The van der Waals surface area contributed by atoms with Crippen LogP contribution in [0.25, 0.3) is 10.9 Å². The minimum absolute atomic E-state index is 0.0578. The number of fused-ring (bicyclic) bond motifs is 2. The third-order valence-corrected chi connectivity index (χ3v) is 3.52. The molecule has 0 bridgehead atoms. The van der Waals surface area contributed by atoms with Crippen molar-refractivity contribution in [3.8, 4) is 11.5 Å². The molecular weight excluding hydrogens is 204 g/mol. The minimum Gasteiger partial charge on any atom is -0.454 e. The molecule has 4 nitrogen and oxygen atoms in total. The van der Waals surface area contributed by atoms with Crippen LogP contribution in [0.3, 0.4) is 0 Å². The van der Waals surface area contributed by atoms with Gasteiger partial charge in [-0.25, -0.2) is 0 Å². The van der Waals surface area contributed by atoms with E-state index >= 15 is 0 Å². The van der Waals surface area contributed by atoms with Crippen LogP contribution in [-0.4, -0.2) is 11.8 Å². The SMILES string of the molecule is NC1CCc2c[nH]c3cc4c(c1c23)OCO4. The second-order valence-corrected chi connectivity index (χ2v) is 4.41. The molecule has 0 spiro atoms. The maximum Gasteiger partial charge on any atom is 0.231 e. The average Bonchev–Trinajstić information content (AvgIpc) is 2.89. The highest BCUT2D eigenvalue weighted by atomic mass is 16.7. The number of aromatic nitrogens is 1. The van der Waals surface area contributed by atoms with Crippen molar-refractivity contribution in [2.75, 3.05) is 6.79 Å². The van der Waals surface area contributed by atoms with E-state index in [2.05, 4.69) is 11.2 Å². The van der Waals surface area contributed by atoms with Crippen molar-refractivity contribution >= 4 is 10.9 Å². The predicted octanol–water partition coefficient (Wildman–Crippen LogP) is 1.84. The van der Waals surface area contributed by atoms with Gasteiger partial charge in [-0.05, 0) is 18.4 Å². The topological polar surface area (TPSA) is 60.3 Å². The predicted molar refractivity (Wildman–Crippen MR) is 59.7 cm³/mol. The van der Waals surface area contributed by atoms with E-state index in [0.717, 1.165) is 35.4 Å². The molecule has 1 unspecified atom stereocenters. The van der Waals surface area contributed by atoms with Crippen molar-refractivity contribution in [3.63, 3.8) is 0 Å². The zero-order valence-corrected chi connectivity index (χ0v) is 8.75. The van der Waals surface area contributed by atoms with Crippen molar-refractivity contribution in [1.82, 2.24) is 4.98 Å². The summed E-state index contributed by atoms with van der Waals surface area (Å²) in [5, 5.41) is 1.24. The highest BCUT2D eigenvalue weighted by Crippen LogP contribution is 2.47. The molecule has 1 atom stereocenters. The van der Waals surface area contributed by atoms with Crippen LogP contribution in [0, 0.1) is 0 Å². The fourth-order valence-electron chi connectivity index (χ4n) is 2.77. The molecule has 2 aliphatic rings. The van der Waals surface area contributed by atoms with Crippen molar-refractivity contribution < 1.29 is 9.47 Å². The lowest BCUT2D eigenvalue weighted by molar-refractivity contribution is 0.173. The number of aryl methyl sites for hydroxylation is 1. The van der Waals surface area contributed by atoms with Crippen LogP contribution in [-0.2, 0) is 6.42 Å². The van der Waals surface area contributed by atoms with Crippen LogP contribution in [0.1, 0.15) is 23.6 Å². The molecule has 1 aromatic carbocycles. The Morgan fingerprint density at radius 1 is 1.38 bits per heavy atom. The number of ether oxygens (including phenoxy) is 2. The van der Waals surface area contributed by atoms with Gasteiger partial charge in [0.1, 0.15) is 0 Å². The summed E-state index contributed by atoms with van der Waals surface area (Å²) in [6.07, 6.45) is 4.07. The molecule has 4 heteroatoms. The van der Waals surface area contributed by atoms with Gasteiger partial charge in [-0.1, -0.05) is 0 Å². The second kappa shape index (κ2) is 2.71. The molecule has 0 fully saturated rings. The van der Waals surface area contributed by atoms with E-state index in [1.165, 1.54) is 10.9 Å². The summed E-state index contributed by atoms with van der Waals surface area (Å²) in [7, 11) is 0. The van der Waals surface area contributed by atoms with Crippen LogP contribution < -0.4 is 15.2 Å². The maximum absolute atomic E-state index is 6.19. The summed E-state index contributed by atoms with van der Waals surface area (Å²) in [5.41, 5.74) is 9.75. The quantitative estimate of drug-likeness (QED) is 0.706. The second-order valence-electron chi connectivity index (χ2n) is 4.41. The number of nitrogens with two attached hydrogens (primary N) is 1. The van der Waals surface area contributed by atoms with Gasteiger partial charge in [0.2, 0.25) is 6.79 Å². The Morgan fingerprint density at radius 2 is 2.31 bits per heavy atom. The molecule has 4 rings (SSSR count). The lowest BCUT2D eigenvalue weighted by atomic mass is 9.88. The first-order chi connectivity index (χ1) is 7.84. The minimum atomic E-state index is 0.0578. The highest BCUT2D eigenvalue weighted by molar-refractivity contribution is 5.92. The van der Waals surface area contributed by atoms with Gasteiger partial charge in [-0.15, -0.1) is 0 Å². The molecule has 1 aliphatic heterocycles. The van der Waals surface area contributed by atoms with Crippen molar-refractivity contribution in [2.24, 2.45) is 5.73 Å². The van der Waals surface area contributed by atoms with E-state index in [1.807, 2.05) is 6.07 Å². The van der Waals surface area contributed by atoms with Crippen molar-refractivity contribution in [2.45, 2.75) is 18.9 Å². The largest absolute Gasteiger partial charge is 0.454 e. The number of nitrogens with one attached hydrogen (secondary N) is 1. The van der Waals surface area contributed by atoms with Gasteiger partial charge in [-0.2, -0.15) is 0 Å². The van der Waals surface area contributed by atoms with Gasteiger partial charge >= 0.3 is 0 Å². The van der Waals surface area contributed by atoms with Gasteiger partial charge in [-0.3, -0.25) is 0 Å². The summed E-state index contributed by atoms with van der Waals surface area (Å²) in [6.45, 7) is 0.303. The normalized spacial score (nSPS) is 21.7. The van der Waals surface area contributed by atoms with E-state index < -0.39 is 0 Å². The number of benzene rings is 1. The van der Waals surface area contributed by atoms with Gasteiger partial charge in [0.05, 0.1) is 0 Å². The molecule has 16 heavy (non-hydrogen) atoms. The van der Waals surface area contributed by atoms with E-state index in [-0.39, 0.29) is 6.04 Å². The average molecular weight is 216 g/mol. The van der Waals surface area contributed by atoms with Gasteiger partial charge in [0.15, 0.2) is 11.5 Å². The summed E-state index contributed by atoms with van der Waals surface area (Å²) in [4.78, 5) is 3.28. The molecule has 82 valence electrons. The van der Waals surface area contributed by atoms with E-state index in [0.29, 0.717) is 6.79 Å². The lowest BCUT2D eigenvalue weighted by Gasteiger charge is -2.20. The van der Waals surface area contributed by atoms with Gasteiger partial charge in [0.25, 0.3) is 0 Å². The van der Waals surface area contributed by atoms with E-state index in [1.54, 1.807) is 0 Å². The third-order valence-electron chi connectivity index (χ3n) is 3.52. The zero-order valence-electron chi connectivity index (χ0n) is 8.75. The molecule has 1 aliphatic carbocycles. The van der Waals surface area contributed by atoms with Crippen LogP contribution in [0.15, 0.2) is 12.3 Å². The number of aromatic amines is 1. The Hall–Kier alpha value is -1.68. The number of H-pyrrole nitrogens is 1. The zero-order chi connectivity index (χ0) is 10.7. The van der Waals surface area contributed by atoms with Crippen LogP contribution in [0.5, 0.6) is 11.5 Å². The molecule has 2 aromatic rings. The Morgan fingerprint density at radius 3 is 3.25 bits per heavy atom. The molecule has 0 saturated heterocycles. The van der Waals surface area contributed by atoms with Gasteiger partial charge < -0.3 is 20.2 Å². The monoisotopic (exact) mass is 216 g/mol. The first-order valence-electron chi connectivity index (χ1n) is 5.52. The maximum atomic E-state index is 6.19. The van der Waals surface area contributed by atoms with Gasteiger partial charge in [0, 0.05) is 34.8 Å². The van der Waals surface area contributed by atoms with Crippen molar-refractivity contribution in [1.29, 1.82) is 0 Å². The molecule has 0 radical (unpaired) electrons. The fraction of sp³-hybridized carbons (Fsp3) is 0.333. The highest BCUT2D eigenvalue weighted by Gasteiger charge is 2.29. The molecule has 0 saturated carbocycles. The molecule has 3 N–H and O–H groups in total. The summed E-state index contributed by atoms with van der Waals surface area (Å²) in [5.74, 6) is 1.66. The van der Waals surface area contributed by atoms with Crippen LogP contribution in [0.2, 0.25) is 0 Å². The summed E-state index contributed by atoms with van der Waals surface area (Å²) >= 11 is 0. The Kier molecular flexibility index (Phi) is 1.43. The summed E-state index contributed by atoms with van der Waals surface area (Å²) in [6, 6.07) is 2.06. The van der Waals surface area contributed by atoms with Crippen LogP contribution >= 0.6 is 0 Å². The van der Waals surface area contributed by atoms with Crippen LogP contribution in [0.4, 0.5) is 0 Å². The standard InChI is InChI=1S/C12H12N2O2/c13-7-2-1-6-4-14-8-3-9-12(16-5-15-9)11(7)10(6)8/h3-4,7,14H,1-2,5,13H2. The van der Waals surface area contributed by atoms with E-state index in [4.69, 9.17) is 15.2 Å². The fourth-order valence-corrected chi connectivity index (χ4v) is 2.77. The van der Waals surface area contributed by atoms with E-state index in [9.17, 15) is 0 Å². The molecule has 2 heterocycles. The molecular formula is C12H12N2O2. The summed E-state index contributed by atoms with van der Waals surface area (Å²) < 4.78 is 11.0. The Bertz CT molecular complexity index is 588. The van der Waals surface area contributed by atoms with Crippen molar-refractivity contribution in [3.05, 3.63) is 23.4 Å². The first kappa shape index (κ1) is 8.47. The number of rotatable bonds is 0. The molecule has 0 amide bonds. The Labute approximate surface area is 92.3 Å². The number of hydrogen-bond acceptors (Lipinski definition) is 3. The third kappa shape index (κ3) is 0.881.